The van der Waals surface area contributed by atoms with Crippen molar-refractivity contribution in [1.82, 2.24) is 5.32 Å². The number of hydrogen-bond donors (Lipinski definition) is 1. The van der Waals surface area contributed by atoms with Gasteiger partial charge in [0.15, 0.2) is 0 Å². The number of carbonyl (C=O) groups excluding carboxylic acids is 1. The lowest BCUT2D eigenvalue weighted by Crippen LogP contribution is -2.31. The van der Waals surface area contributed by atoms with Gasteiger partial charge in [0.1, 0.15) is 5.75 Å². The number of amides is 1. The van der Waals surface area contributed by atoms with E-state index in [4.69, 9.17) is 9.47 Å². The lowest BCUT2D eigenvalue weighted by molar-refractivity contribution is 0.0857. The van der Waals surface area contributed by atoms with Gasteiger partial charge in [0.2, 0.25) is 0 Å². The minimum absolute atomic E-state index is 0.0638. The van der Waals surface area contributed by atoms with Gasteiger partial charge in [0.25, 0.3) is 5.91 Å². The predicted molar refractivity (Wildman–Crippen MR) is 77.0 cm³/mol. The summed E-state index contributed by atoms with van der Waals surface area (Å²) in [4.78, 5) is 11.9. The number of benzene rings is 1. The van der Waals surface area contributed by atoms with Crippen LogP contribution in [0.25, 0.3) is 0 Å². The zero-order valence-corrected chi connectivity index (χ0v) is 12.4. The molecule has 0 bridgehead atoms. The van der Waals surface area contributed by atoms with Crippen molar-refractivity contribution in [2.45, 2.75) is 18.9 Å². The fourth-order valence-corrected chi connectivity index (χ4v) is 2.66. The fraction of sp³-hybridized carbons (Fsp3) is 0.462. The van der Waals surface area contributed by atoms with Gasteiger partial charge in [-0.05, 0) is 53.6 Å². The Morgan fingerprint density at radius 2 is 2.44 bits per heavy atom. The van der Waals surface area contributed by atoms with Crippen LogP contribution in [0, 0.1) is 3.57 Å². The Morgan fingerprint density at radius 1 is 1.61 bits per heavy atom. The van der Waals surface area contributed by atoms with Crippen LogP contribution < -0.4 is 10.1 Å². The second-order valence-corrected chi connectivity index (χ2v) is 5.36. The monoisotopic (exact) mass is 361 g/mol. The first kappa shape index (κ1) is 13.6. The first-order valence-corrected chi connectivity index (χ1v) is 7.02. The van der Waals surface area contributed by atoms with E-state index in [9.17, 15) is 4.79 Å². The van der Waals surface area contributed by atoms with E-state index in [0.29, 0.717) is 12.1 Å². The standard InChI is InChI=1S/C13H16INO3/c1-17-12-5-4-9(7-11(12)14)13(16)15-8-10-3-2-6-18-10/h4-5,7,10H,2-3,6,8H2,1H3,(H,15,16)/t10-/m0/s1. The fourth-order valence-electron chi connectivity index (χ4n) is 1.92. The minimum Gasteiger partial charge on any atom is -0.496 e. The van der Waals surface area contributed by atoms with Crippen LogP contribution in [0.3, 0.4) is 0 Å². The average molecular weight is 361 g/mol. The SMILES string of the molecule is COc1ccc(C(=O)NC[C@@H]2CCCO2)cc1I. The van der Waals surface area contributed by atoms with Gasteiger partial charge in [-0.15, -0.1) is 0 Å². The molecule has 4 nitrogen and oxygen atoms in total. The van der Waals surface area contributed by atoms with Crippen LogP contribution in [0.5, 0.6) is 5.75 Å². The van der Waals surface area contributed by atoms with E-state index in [2.05, 4.69) is 27.9 Å². The summed E-state index contributed by atoms with van der Waals surface area (Å²) >= 11 is 2.16. The molecule has 98 valence electrons. The van der Waals surface area contributed by atoms with E-state index < -0.39 is 0 Å². The lowest BCUT2D eigenvalue weighted by atomic mass is 10.2. The minimum atomic E-state index is -0.0638. The molecule has 1 atom stereocenters. The molecule has 2 rings (SSSR count). The van der Waals surface area contributed by atoms with Crippen LogP contribution in [0.1, 0.15) is 23.2 Å². The highest BCUT2D eigenvalue weighted by Crippen LogP contribution is 2.21. The molecule has 0 spiro atoms. The van der Waals surface area contributed by atoms with E-state index in [1.54, 1.807) is 13.2 Å². The molecular formula is C13H16INO3. The third-order valence-electron chi connectivity index (χ3n) is 2.93. The van der Waals surface area contributed by atoms with E-state index in [-0.39, 0.29) is 12.0 Å². The van der Waals surface area contributed by atoms with Crippen LogP contribution in [0.4, 0.5) is 0 Å². The summed E-state index contributed by atoms with van der Waals surface area (Å²) in [7, 11) is 1.62. The number of ether oxygens (including phenoxy) is 2. The first-order chi connectivity index (χ1) is 8.70. The van der Waals surface area contributed by atoms with Crippen LogP contribution in [-0.4, -0.2) is 32.3 Å². The van der Waals surface area contributed by atoms with E-state index in [1.165, 1.54) is 0 Å². The summed E-state index contributed by atoms with van der Waals surface area (Å²) in [5.74, 6) is 0.720. The van der Waals surface area contributed by atoms with Gasteiger partial charge < -0.3 is 14.8 Å². The Hall–Kier alpha value is -0.820. The van der Waals surface area contributed by atoms with Crippen LogP contribution in [0.15, 0.2) is 18.2 Å². The van der Waals surface area contributed by atoms with Crippen molar-refractivity contribution in [3.05, 3.63) is 27.3 Å². The molecular weight excluding hydrogens is 345 g/mol. The second kappa shape index (κ2) is 6.38. The molecule has 1 fully saturated rings. The summed E-state index contributed by atoms with van der Waals surface area (Å²) in [6, 6.07) is 5.40. The third-order valence-corrected chi connectivity index (χ3v) is 3.77. The van der Waals surface area contributed by atoms with Gasteiger partial charge in [-0.25, -0.2) is 0 Å². The summed E-state index contributed by atoms with van der Waals surface area (Å²) in [5.41, 5.74) is 0.651. The maximum Gasteiger partial charge on any atom is 0.251 e. The molecule has 0 aromatic heterocycles. The largest absolute Gasteiger partial charge is 0.496 e. The lowest BCUT2D eigenvalue weighted by Gasteiger charge is -2.11. The van der Waals surface area contributed by atoms with Crippen molar-refractivity contribution >= 4 is 28.5 Å². The van der Waals surface area contributed by atoms with E-state index >= 15 is 0 Å². The Bertz CT molecular complexity index is 430. The summed E-state index contributed by atoms with van der Waals surface area (Å²) in [6.45, 7) is 1.39. The maximum atomic E-state index is 11.9. The van der Waals surface area contributed by atoms with Crippen molar-refractivity contribution in [2.75, 3.05) is 20.3 Å². The Morgan fingerprint density at radius 3 is 3.06 bits per heavy atom. The summed E-state index contributed by atoms with van der Waals surface area (Å²) in [6.07, 6.45) is 2.28. The van der Waals surface area contributed by atoms with E-state index in [0.717, 1.165) is 28.8 Å². The number of halogens is 1. The molecule has 1 N–H and O–H groups in total. The van der Waals surface area contributed by atoms with Gasteiger partial charge in [-0.2, -0.15) is 0 Å². The van der Waals surface area contributed by atoms with Gasteiger partial charge in [0, 0.05) is 18.7 Å². The van der Waals surface area contributed by atoms with Gasteiger partial charge in [-0.1, -0.05) is 0 Å². The summed E-state index contributed by atoms with van der Waals surface area (Å²) in [5, 5.41) is 2.90. The molecule has 18 heavy (non-hydrogen) atoms. The molecule has 0 unspecified atom stereocenters. The highest BCUT2D eigenvalue weighted by molar-refractivity contribution is 14.1. The highest BCUT2D eigenvalue weighted by Gasteiger charge is 2.17. The van der Waals surface area contributed by atoms with Crippen LogP contribution >= 0.6 is 22.6 Å². The third kappa shape index (κ3) is 3.35. The maximum absolute atomic E-state index is 11.9. The van der Waals surface area contributed by atoms with Crippen molar-refractivity contribution in [2.24, 2.45) is 0 Å². The average Bonchev–Trinajstić information content (AvgIpc) is 2.89. The molecule has 1 amide bonds. The van der Waals surface area contributed by atoms with Crippen molar-refractivity contribution in [3.8, 4) is 5.75 Å². The van der Waals surface area contributed by atoms with Gasteiger partial charge in [0.05, 0.1) is 16.8 Å². The molecule has 0 aliphatic carbocycles. The Balaban J connectivity index is 1.93. The topological polar surface area (TPSA) is 47.6 Å². The second-order valence-electron chi connectivity index (χ2n) is 4.19. The Kier molecular flexibility index (Phi) is 4.82. The van der Waals surface area contributed by atoms with Crippen molar-refractivity contribution in [1.29, 1.82) is 0 Å². The zero-order chi connectivity index (χ0) is 13.0. The molecule has 1 aromatic carbocycles. The number of nitrogens with one attached hydrogen (secondary N) is 1. The zero-order valence-electron chi connectivity index (χ0n) is 10.2. The predicted octanol–water partition coefficient (Wildman–Crippen LogP) is 2.21. The molecule has 1 heterocycles. The molecule has 0 saturated carbocycles. The first-order valence-electron chi connectivity index (χ1n) is 5.94. The summed E-state index contributed by atoms with van der Waals surface area (Å²) < 4.78 is 11.6. The normalized spacial score (nSPS) is 18.7. The van der Waals surface area contributed by atoms with Gasteiger partial charge >= 0.3 is 0 Å². The number of hydrogen-bond acceptors (Lipinski definition) is 3. The quantitative estimate of drug-likeness (QED) is 0.837. The molecule has 1 saturated heterocycles. The number of rotatable bonds is 4. The Labute approximate surface area is 120 Å². The van der Waals surface area contributed by atoms with E-state index in [1.807, 2.05) is 12.1 Å². The number of methoxy groups -OCH3 is 1. The molecule has 1 aromatic rings. The van der Waals surface area contributed by atoms with Crippen LogP contribution in [-0.2, 0) is 4.74 Å². The van der Waals surface area contributed by atoms with Crippen molar-refractivity contribution in [3.63, 3.8) is 0 Å². The number of carbonyl (C=O) groups is 1. The molecule has 5 heteroatoms. The molecule has 0 radical (unpaired) electrons. The van der Waals surface area contributed by atoms with Crippen molar-refractivity contribution < 1.29 is 14.3 Å². The molecule has 1 aliphatic rings. The molecule has 1 aliphatic heterocycles. The van der Waals surface area contributed by atoms with Gasteiger partial charge in [-0.3, -0.25) is 4.79 Å². The highest BCUT2D eigenvalue weighted by atomic mass is 127. The van der Waals surface area contributed by atoms with Crippen LogP contribution in [0.2, 0.25) is 0 Å². The smallest absolute Gasteiger partial charge is 0.251 e.